The molecule has 0 spiro atoms. The number of likely N-dealkylation sites (tertiary alicyclic amines) is 1. The van der Waals surface area contributed by atoms with Crippen LogP contribution in [0.15, 0.2) is 22.8 Å². The Hall–Kier alpha value is -2.84. The molecule has 2 atom stereocenters. The van der Waals surface area contributed by atoms with E-state index in [-0.39, 0.29) is 31.5 Å². The quantitative estimate of drug-likeness (QED) is 0.690. The summed E-state index contributed by atoms with van der Waals surface area (Å²) in [7, 11) is 0. The molecule has 0 radical (unpaired) electrons. The number of hydrogen-bond donors (Lipinski definition) is 2. The molecule has 1 saturated heterocycles. The lowest BCUT2D eigenvalue weighted by Gasteiger charge is -2.15. The van der Waals surface area contributed by atoms with E-state index < -0.39 is 30.4 Å². The van der Waals surface area contributed by atoms with Crippen LogP contribution in [0.25, 0.3) is 0 Å². The van der Waals surface area contributed by atoms with Crippen molar-refractivity contribution in [3.05, 3.63) is 24.2 Å². The molecule has 0 aromatic carbocycles. The number of carbonyl (C=O) groups excluding carboxylic acids is 4. The van der Waals surface area contributed by atoms with Crippen LogP contribution in [-0.4, -0.2) is 47.9 Å². The van der Waals surface area contributed by atoms with E-state index in [0.717, 1.165) is 6.42 Å². The van der Waals surface area contributed by atoms with Crippen molar-refractivity contribution in [1.29, 1.82) is 0 Å². The maximum absolute atomic E-state index is 12.0. The number of urea groups is 1. The molecule has 0 aliphatic carbocycles. The maximum Gasteiger partial charge on any atom is 0.321 e. The summed E-state index contributed by atoms with van der Waals surface area (Å²) in [5.74, 6) is -1.56. The number of furan rings is 1. The summed E-state index contributed by atoms with van der Waals surface area (Å²) in [6, 6.07) is 2.75. The Morgan fingerprint density at radius 3 is 2.85 bits per heavy atom. The molecular formula is C17H23N3O6. The lowest BCUT2D eigenvalue weighted by atomic mass is 10.1. The summed E-state index contributed by atoms with van der Waals surface area (Å²) in [6.45, 7) is 3.61. The minimum absolute atomic E-state index is 0.0235. The molecule has 4 amide bonds. The Kier molecular flexibility index (Phi) is 6.76. The van der Waals surface area contributed by atoms with E-state index in [1.165, 1.54) is 11.2 Å². The van der Waals surface area contributed by atoms with Crippen LogP contribution < -0.4 is 10.6 Å². The third-order valence-corrected chi connectivity index (χ3v) is 4.06. The summed E-state index contributed by atoms with van der Waals surface area (Å²) in [5, 5.41) is 4.65. The molecule has 1 aliphatic heterocycles. The fourth-order valence-corrected chi connectivity index (χ4v) is 2.45. The molecule has 2 N–H and O–H groups in total. The summed E-state index contributed by atoms with van der Waals surface area (Å²) < 4.78 is 10.1. The maximum atomic E-state index is 12.0. The van der Waals surface area contributed by atoms with E-state index in [1.54, 1.807) is 19.1 Å². The second kappa shape index (κ2) is 9.02. The van der Waals surface area contributed by atoms with Gasteiger partial charge >= 0.3 is 12.0 Å². The Bertz CT molecular complexity index is 657. The van der Waals surface area contributed by atoms with Gasteiger partial charge in [-0.05, 0) is 25.5 Å². The molecule has 0 bridgehead atoms. The Morgan fingerprint density at radius 2 is 2.19 bits per heavy atom. The first-order valence-electron chi connectivity index (χ1n) is 8.46. The van der Waals surface area contributed by atoms with Crippen LogP contribution in [-0.2, 0) is 25.7 Å². The molecule has 0 saturated carbocycles. The van der Waals surface area contributed by atoms with Gasteiger partial charge in [-0.2, -0.15) is 0 Å². The normalized spacial score (nSPS) is 17.7. The van der Waals surface area contributed by atoms with Crippen molar-refractivity contribution in [2.45, 2.75) is 39.3 Å². The second-order valence-electron chi connectivity index (χ2n) is 6.19. The zero-order valence-corrected chi connectivity index (χ0v) is 14.8. The van der Waals surface area contributed by atoms with Crippen LogP contribution in [0.1, 0.15) is 32.4 Å². The monoisotopic (exact) mass is 365 g/mol. The molecule has 0 unspecified atom stereocenters. The van der Waals surface area contributed by atoms with Crippen LogP contribution in [0.5, 0.6) is 0 Å². The van der Waals surface area contributed by atoms with E-state index in [4.69, 9.17) is 9.15 Å². The molecule has 26 heavy (non-hydrogen) atoms. The number of hydrogen-bond acceptors (Lipinski definition) is 6. The van der Waals surface area contributed by atoms with Gasteiger partial charge in [0.25, 0.3) is 5.91 Å². The standard InChI is InChI=1S/C17H23N3O6/c1-3-11(2)18-17(24)19-14(21)10-26-16(23)12-7-15(22)20(8-12)9-13-5-4-6-25-13/h4-6,11-12H,3,7-10H2,1-2H3,(H2,18,19,21,24)/t11-,12-/m1/s1. The number of rotatable bonds is 7. The lowest BCUT2D eigenvalue weighted by molar-refractivity contribution is -0.152. The minimum Gasteiger partial charge on any atom is -0.467 e. The van der Waals surface area contributed by atoms with Crippen molar-refractivity contribution in [2.75, 3.05) is 13.2 Å². The third kappa shape index (κ3) is 5.61. The van der Waals surface area contributed by atoms with Gasteiger partial charge < -0.3 is 19.4 Å². The van der Waals surface area contributed by atoms with E-state index in [1.807, 2.05) is 6.92 Å². The fraction of sp³-hybridized carbons (Fsp3) is 0.529. The van der Waals surface area contributed by atoms with Crippen molar-refractivity contribution < 1.29 is 28.3 Å². The first-order valence-corrected chi connectivity index (χ1v) is 8.46. The topological polar surface area (TPSA) is 118 Å². The fourth-order valence-electron chi connectivity index (χ4n) is 2.45. The van der Waals surface area contributed by atoms with Crippen LogP contribution >= 0.6 is 0 Å². The van der Waals surface area contributed by atoms with Crippen molar-refractivity contribution in [3.63, 3.8) is 0 Å². The minimum atomic E-state index is -0.726. The second-order valence-corrected chi connectivity index (χ2v) is 6.19. The molecule has 1 aromatic rings. The smallest absolute Gasteiger partial charge is 0.321 e. The molecule has 2 heterocycles. The number of nitrogens with zero attached hydrogens (tertiary/aromatic N) is 1. The third-order valence-electron chi connectivity index (χ3n) is 4.06. The molecule has 142 valence electrons. The van der Waals surface area contributed by atoms with Gasteiger partial charge in [0, 0.05) is 19.0 Å². The Labute approximate surface area is 151 Å². The summed E-state index contributed by atoms with van der Waals surface area (Å²) in [6.07, 6.45) is 2.26. The van der Waals surface area contributed by atoms with E-state index >= 15 is 0 Å². The highest BCUT2D eigenvalue weighted by Gasteiger charge is 2.35. The number of ether oxygens (including phenoxy) is 1. The molecule has 9 nitrogen and oxygen atoms in total. The number of carbonyl (C=O) groups is 4. The highest BCUT2D eigenvalue weighted by molar-refractivity contribution is 5.96. The van der Waals surface area contributed by atoms with Crippen molar-refractivity contribution >= 4 is 23.8 Å². The van der Waals surface area contributed by atoms with Gasteiger partial charge in [0.15, 0.2) is 6.61 Å². The predicted octanol–water partition coefficient (Wildman–Crippen LogP) is 0.796. The van der Waals surface area contributed by atoms with Gasteiger partial charge in [0.05, 0.1) is 18.7 Å². The number of esters is 1. The molecule has 1 aliphatic rings. The first-order chi connectivity index (χ1) is 12.4. The van der Waals surface area contributed by atoms with Gasteiger partial charge in [0.1, 0.15) is 5.76 Å². The Morgan fingerprint density at radius 1 is 1.42 bits per heavy atom. The van der Waals surface area contributed by atoms with Crippen molar-refractivity contribution in [1.82, 2.24) is 15.5 Å². The molecule has 2 rings (SSSR count). The zero-order valence-electron chi connectivity index (χ0n) is 14.8. The molecule has 9 heteroatoms. The van der Waals surface area contributed by atoms with Crippen LogP contribution in [0.2, 0.25) is 0 Å². The highest BCUT2D eigenvalue weighted by atomic mass is 16.5. The average molecular weight is 365 g/mol. The SMILES string of the molecule is CC[C@@H](C)NC(=O)NC(=O)COC(=O)[C@@H]1CC(=O)N(Cc2ccco2)C1. The first kappa shape index (κ1) is 19.5. The number of amides is 4. The van der Waals surface area contributed by atoms with Gasteiger partial charge in [0.2, 0.25) is 5.91 Å². The van der Waals surface area contributed by atoms with Gasteiger partial charge in [-0.1, -0.05) is 6.92 Å². The lowest BCUT2D eigenvalue weighted by Crippen LogP contribution is -2.44. The van der Waals surface area contributed by atoms with Crippen molar-refractivity contribution in [3.8, 4) is 0 Å². The highest BCUT2D eigenvalue weighted by Crippen LogP contribution is 2.21. The van der Waals surface area contributed by atoms with Gasteiger partial charge in [-0.25, -0.2) is 4.79 Å². The van der Waals surface area contributed by atoms with Crippen LogP contribution in [0.3, 0.4) is 0 Å². The van der Waals surface area contributed by atoms with E-state index in [2.05, 4.69) is 10.6 Å². The Balaban J connectivity index is 1.73. The molecule has 1 fully saturated rings. The van der Waals surface area contributed by atoms with E-state index in [9.17, 15) is 19.2 Å². The average Bonchev–Trinajstić information content (AvgIpc) is 3.23. The zero-order chi connectivity index (χ0) is 19.1. The summed E-state index contributed by atoms with van der Waals surface area (Å²) in [4.78, 5) is 48.7. The molecule has 1 aromatic heterocycles. The van der Waals surface area contributed by atoms with Crippen LogP contribution in [0, 0.1) is 5.92 Å². The summed E-state index contributed by atoms with van der Waals surface area (Å²) >= 11 is 0. The molecular weight excluding hydrogens is 342 g/mol. The van der Waals surface area contributed by atoms with Crippen molar-refractivity contribution in [2.24, 2.45) is 5.92 Å². The van der Waals surface area contributed by atoms with Gasteiger partial charge in [-0.3, -0.25) is 19.7 Å². The van der Waals surface area contributed by atoms with Gasteiger partial charge in [-0.15, -0.1) is 0 Å². The number of imide groups is 1. The summed E-state index contributed by atoms with van der Waals surface area (Å²) in [5.41, 5.74) is 0. The largest absolute Gasteiger partial charge is 0.467 e. The predicted molar refractivity (Wildman–Crippen MR) is 89.6 cm³/mol. The number of nitrogens with one attached hydrogen (secondary N) is 2. The van der Waals surface area contributed by atoms with Crippen LogP contribution in [0.4, 0.5) is 4.79 Å². The van der Waals surface area contributed by atoms with E-state index in [0.29, 0.717) is 5.76 Å².